The van der Waals surface area contributed by atoms with Crippen molar-refractivity contribution >= 4 is 33.9 Å². The number of rotatable bonds is 10. The van der Waals surface area contributed by atoms with Crippen molar-refractivity contribution in [2.75, 3.05) is 13.1 Å². The third-order valence-electron chi connectivity index (χ3n) is 13.3. The van der Waals surface area contributed by atoms with Gasteiger partial charge in [0.15, 0.2) is 0 Å². The minimum atomic E-state index is -0.375. The van der Waals surface area contributed by atoms with Gasteiger partial charge in [-0.15, -0.1) is 0 Å². The first kappa shape index (κ1) is 39.3. The monoisotopic (exact) mass is 836 g/mol. The number of nitrogens with one attached hydrogen (secondary N) is 2. The zero-order valence-corrected chi connectivity index (χ0v) is 35.5. The van der Waals surface area contributed by atoms with E-state index in [0.29, 0.717) is 13.1 Å². The van der Waals surface area contributed by atoms with Crippen molar-refractivity contribution in [2.45, 2.75) is 49.6 Å². The molecule has 0 spiro atoms. The summed E-state index contributed by atoms with van der Waals surface area (Å²) in [6.45, 7) is 1.40. The number of hydrogen-bond acceptors (Lipinski definition) is 4. The van der Waals surface area contributed by atoms with Crippen LogP contribution in [0.2, 0.25) is 0 Å². The molecule has 0 radical (unpaired) electrons. The lowest BCUT2D eigenvalue weighted by molar-refractivity contribution is -0.133. The van der Waals surface area contributed by atoms with Crippen LogP contribution in [-0.2, 0) is 9.59 Å². The topological polar surface area (TPSA) is 98.0 Å². The molecule has 2 aromatic heterocycles. The molecule has 9 aromatic rings. The van der Waals surface area contributed by atoms with Crippen LogP contribution >= 0.6 is 0 Å². The molecule has 2 fully saturated rings. The fraction of sp³-hybridized carbons (Fsp3) is 0.179. The highest BCUT2D eigenvalue weighted by Gasteiger charge is 2.38. The minimum Gasteiger partial charge on any atom is -0.340 e. The Morgan fingerprint density at radius 1 is 0.438 bits per heavy atom. The molecule has 2 atom stereocenters. The zero-order valence-electron chi connectivity index (χ0n) is 35.5. The molecule has 11 rings (SSSR count). The van der Waals surface area contributed by atoms with Gasteiger partial charge in [0, 0.05) is 13.1 Å². The number of hydrogen-bond donors (Lipinski definition) is 2. The van der Waals surface area contributed by atoms with Crippen molar-refractivity contribution in [1.29, 1.82) is 0 Å². The Balaban J connectivity index is 0.812. The maximum Gasteiger partial charge on any atom is 0.235 e. The van der Waals surface area contributed by atoms with E-state index < -0.39 is 0 Å². The van der Waals surface area contributed by atoms with Crippen LogP contribution in [0.4, 0.5) is 0 Å². The Kier molecular flexibility index (Phi) is 10.4. The average molecular weight is 837 g/mol. The van der Waals surface area contributed by atoms with E-state index in [1.165, 1.54) is 0 Å². The van der Waals surface area contributed by atoms with Crippen molar-refractivity contribution in [3.8, 4) is 22.3 Å². The van der Waals surface area contributed by atoms with E-state index in [1.807, 2.05) is 131 Å². The van der Waals surface area contributed by atoms with Crippen LogP contribution in [0.15, 0.2) is 182 Å². The predicted octanol–water partition coefficient (Wildman–Crippen LogP) is 11.8. The second kappa shape index (κ2) is 16.9. The summed E-state index contributed by atoms with van der Waals surface area (Å²) in [5.74, 6) is 1.14. The standard InChI is InChI=1S/C56H48N6O2/c63-55(51(39-15-5-1-6-16-39)40-17-7-2-8-18-40)61-33-13-23-49(61)53-57-45-31-29-43(35-47(45)59-53)37-25-27-38(28-26-37)44-30-32-46-48(36-44)60-54(58-46)50-24-14-34-62(50)56(64)52(41-19-9-3-10-20-41)42-21-11-4-12-22-42/h1-12,15-22,25-32,35-36,49-52H,13-14,23-24,33-34H2,(H,57,59)(H,58,60)/t49-,50-/m1/s1. The summed E-state index contributed by atoms with van der Waals surface area (Å²) in [5.41, 5.74) is 12.1. The van der Waals surface area contributed by atoms with Crippen molar-refractivity contribution in [3.63, 3.8) is 0 Å². The smallest absolute Gasteiger partial charge is 0.235 e. The highest BCUT2D eigenvalue weighted by Crippen LogP contribution is 2.39. The largest absolute Gasteiger partial charge is 0.340 e. The van der Waals surface area contributed by atoms with E-state index >= 15 is 0 Å². The molecule has 7 aromatic carbocycles. The Hall–Kier alpha value is -7.58. The highest BCUT2D eigenvalue weighted by molar-refractivity contribution is 5.90. The summed E-state index contributed by atoms with van der Waals surface area (Å²) >= 11 is 0. The number of benzene rings is 7. The van der Waals surface area contributed by atoms with Gasteiger partial charge < -0.3 is 19.8 Å². The van der Waals surface area contributed by atoms with Crippen LogP contribution in [0.3, 0.4) is 0 Å². The van der Waals surface area contributed by atoms with Crippen LogP contribution in [0.1, 0.15) is 83.5 Å². The maximum atomic E-state index is 14.4. The van der Waals surface area contributed by atoms with E-state index in [2.05, 4.69) is 70.6 Å². The summed E-state index contributed by atoms with van der Waals surface area (Å²) in [4.78, 5) is 50.3. The van der Waals surface area contributed by atoms with Crippen LogP contribution in [0.25, 0.3) is 44.3 Å². The fourth-order valence-corrected chi connectivity index (χ4v) is 10.1. The molecule has 314 valence electrons. The van der Waals surface area contributed by atoms with Gasteiger partial charge in [0.1, 0.15) is 11.6 Å². The van der Waals surface area contributed by atoms with Gasteiger partial charge in [0.25, 0.3) is 0 Å². The molecule has 8 heteroatoms. The second-order valence-electron chi connectivity index (χ2n) is 17.2. The summed E-state index contributed by atoms with van der Waals surface area (Å²) < 4.78 is 0. The molecule has 4 heterocycles. The second-order valence-corrected chi connectivity index (χ2v) is 17.2. The predicted molar refractivity (Wildman–Crippen MR) is 253 cm³/mol. The summed E-state index contributed by atoms with van der Waals surface area (Å²) in [7, 11) is 0. The fourth-order valence-electron chi connectivity index (χ4n) is 10.1. The number of carbonyl (C=O) groups is 2. The molecule has 2 aliphatic heterocycles. The molecule has 0 saturated carbocycles. The van der Waals surface area contributed by atoms with E-state index in [0.717, 1.165) is 104 Å². The Morgan fingerprint density at radius 3 is 1.11 bits per heavy atom. The van der Waals surface area contributed by atoms with E-state index in [1.54, 1.807) is 0 Å². The number of amides is 2. The van der Waals surface area contributed by atoms with Gasteiger partial charge in [-0.25, -0.2) is 9.97 Å². The molecule has 2 N–H and O–H groups in total. The Morgan fingerprint density at radius 2 is 0.766 bits per heavy atom. The molecular weight excluding hydrogens is 789 g/mol. The number of likely N-dealkylation sites (tertiary alicyclic amines) is 2. The molecule has 0 unspecified atom stereocenters. The lowest BCUT2D eigenvalue weighted by atomic mass is 9.90. The summed E-state index contributed by atoms with van der Waals surface area (Å²) in [6, 6.07) is 61.5. The van der Waals surface area contributed by atoms with Crippen LogP contribution < -0.4 is 0 Å². The number of imidazole rings is 2. The molecular formula is C56H48N6O2. The Bertz CT molecular complexity index is 2790. The molecule has 64 heavy (non-hydrogen) atoms. The van der Waals surface area contributed by atoms with Gasteiger partial charge in [-0.2, -0.15) is 0 Å². The van der Waals surface area contributed by atoms with Crippen LogP contribution in [0, 0.1) is 0 Å². The van der Waals surface area contributed by atoms with Crippen molar-refractivity contribution in [3.05, 3.63) is 216 Å². The zero-order chi connectivity index (χ0) is 43.0. The lowest BCUT2D eigenvalue weighted by Gasteiger charge is -2.28. The van der Waals surface area contributed by atoms with Gasteiger partial charge >= 0.3 is 0 Å². The normalized spacial score (nSPS) is 16.4. The Labute approximate surface area is 372 Å². The number of aromatic amines is 2. The number of H-pyrrole nitrogens is 2. The van der Waals surface area contributed by atoms with Gasteiger partial charge in [0.05, 0.1) is 46.0 Å². The molecule has 2 aliphatic rings. The first-order chi connectivity index (χ1) is 31.6. The summed E-state index contributed by atoms with van der Waals surface area (Å²) in [5, 5.41) is 0. The van der Waals surface area contributed by atoms with Gasteiger partial charge in [0.2, 0.25) is 11.8 Å². The number of nitrogens with zero attached hydrogens (tertiary/aromatic N) is 4. The molecule has 2 amide bonds. The first-order valence-electron chi connectivity index (χ1n) is 22.5. The number of aromatic nitrogens is 4. The minimum absolute atomic E-state index is 0.108. The molecule has 0 aliphatic carbocycles. The van der Waals surface area contributed by atoms with Crippen molar-refractivity contribution in [2.24, 2.45) is 0 Å². The van der Waals surface area contributed by atoms with Crippen LogP contribution in [0.5, 0.6) is 0 Å². The van der Waals surface area contributed by atoms with E-state index in [9.17, 15) is 9.59 Å². The van der Waals surface area contributed by atoms with Crippen molar-refractivity contribution in [1.82, 2.24) is 29.7 Å². The number of carbonyl (C=O) groups excluding carboxylic acids is 2. The van der Waals surface area contributed by atoms with Gasteiger partial charge in [-0.1, -0.05) is 158 Å². The highest BCUT2D eigenvalue weighted by atomic mass is 16.2. The third-order valence-corrected chi connectivity index (χ3v) is 13.3. The van der Waals surface area contributed by atoms with Gasteiger partial charge in [-0.3, -0.25) is 9.59 Å². The molecule has 0 bridgehead atoms. The van der Waals surface area contributed by atoms with E-state index in [-0.39, 0.29) is 35.7 Å². The van der Waals surface area contributed by atoms with E-state index in [4.69, 9.17) is 9.97 Å². The maximum absolute atomic E-state index is 14.4. The molecule has 2 saturated heterocycles. The molecule has 8 nitrogen and oxygen atoms in total. The average Bonchev–Trinajstić information content (AvgIpc) is 4.19. The van der Waals surface area contributed by atoms with Gasteiger partial charge in [-0.05, 0) is 94.5 Å². The third kappa shape index (κ3) is 7.45. The SMILES string of the molecule is O=C(C(c1ccccc1)c1ccccc1)N1CCC[C@@H]1c1nc2ccc(-c3ccc(-c4ccc5nc([C@H]6CCCN6C(=O)C(c6ccccc6)c6ccccc6)[nH]c5c4)cc3)cc2[nH]1. The summed E-state index contributed by atoms with van der Waals surface area (Å²) in [6.07, 6.45) is 3.59. The number of fused-ring (bicyclic) bond motifs is 2. The van der Waals surface area contributed by atoms with Crippen molar-refractivity contribution < 1.29 is 9.59 Å². The first-order valence-corrected chi connectivity index (χ1v) is 22.5. The van der Waals surface area contributed by atoms with Crippen LogP contribution in [-0.4, -0.2) is 54.6 Å². The lowest BCUT2D eigenvalue weighted by Crippen LogP contribution is -2.35. The quantitative estimate of drug-likeness (QED) is 0.143.